The molecule has 0 spiro atoms. The lowest BCUT2D eigenvalue weighted by atomic mass is 9.94. The Morgan fingerprint density at radius 1 is 0.944 bits per heavy atom. The van der Waals surface area contributed by atoms with Crippen LogP contribution in [0.15, 0.2) is 78.4 Å². The highest BCUT2D eigenvalue weighted by Gasteiger charge is 2.46. The van der Waals surface area contributed by atoms with Crippen molar-refractivity contribution < 1.29 is 19.4 Å². The number of hydrogen-bond donors (Lipinski definition) is 1. The summed E-state index contributed by atoms with van der Waals surface area (Å²) in [7, 11) is 3.90. The summed E-state index contributed by atoms with van der Waals surface area (Å²) in [5.74, 6) is -0.780. The third kappa shape index (κ3) is 4.98. The largest absolute Gasteiger partial charge is 0.507 e. The number of carbonyl (C=O) groups is 2. The number of Topliss-reactive ketones (excluding diaryl/α,β-unsaturated/α-hetero) is 1. The zero-order valence-electron chi connectivity index (χ0n) is 21.2. The Morgan fingerprint density at radius 3 is 2.25 bits per heavy atom. The first-order valence-corrected chi connectivity index (χ1v) is 12.2. The van der Waals surface area contributed by atoms with Gasteiger partial charge >= 0.3 is 0 Å². The summed E-state index contributed by atoms with van der Waals surface area (Å²) < 4.78 is 5.62. The van der Waals surface area contributed by atoms with E-state index in [-0.39, 0.29) is 17.9 Å². The number of nitrogens with zero attached hydrogens (tertiary/aromatic N) is 2. The standard InChI is InChI=1S/C30H32N2O4/c1-5-20-10-12-23(13-11-20)28(33)26-27(22-14-16-24(17-15-22)31(3)4)32(30(35)29(26)34)19-21-8-7-9-25(18-21)36-6-2/h7-18,27,33H,5-6,19H2,1-4H3/b28-26-. The second kappa shape index (κ2) is 10.7. The Bertz CT molecular complexity index is 1280. The Morgan fingerprint density at radius 2 is 1.64 bits per heavy atom. The number of rotatable bonds is 8. The summed E-state index contributed by atoms with van der Waals surface area (Å²) in [4.78, 5) is 30.2. The van der Waals surface area contributed by atoms with Gasteiger partial charge in [-0.2, -0.15) is 0 Å². The summed E-state index contributed by atoms with van der Waals surface area (Å²) in [6, 6.07) is 21.9. The smallest absolute Gasteiger partial charge is 0.295 e. The van der Waals surface area contributed by atoms with Crippen molar-refractivity contribution in [2.45, 2.75) is 32.9 Å². The number of ketones is 1. The van der Waals surface area contributed by atoms with Gasteiger partial charge in [0.25, 0.3) is 11.7 Å². The molecule has 0 bridgehead atoms. The average Bonchev–Trinajstić information content (AvgIpc) is 3.13. The van der Waals surface area contributed by atoms with Gasteiger partial charge in [-0.05, 0) is 54.3 Å². The van der Waals surface area contributed by atoms with Crippen LogP contribution in [-0.4, -0.2) is 42.4 Å². The SMILES string of the molecule is CCOc1cccc(CN2C(=O)C(=O)/C(=C(\O)c3ccc(CC)cc3)C2c2ccc(N(C)C)cc2)c1. The van der Waals surface area contributed by atoms with Crippen molar-refractivity contribution in [3.05, 3.63) is 101 Å². The topological polar surface area (TPSA) is 70.1 Å². The monoisotopic (exact) mass is 484 g/mol. The Labute approximate surface area is 212 Å². The van der Waals surface area contributed by atoms with Crippen LogP contribution < -0.4 is 9.64 Å². The maximum absolute atomic E-state index is 13.3. The van der Waals surface area contributed by atoms with E-state index in [1.165, 1.54) is 4.90 Å². The molecule has 3 aromatic carbocycles. The van der Waals surface area contributed by atoms with Gasteiger partial charge in [0, 0.05) is 31.9 Å². The number of aliphatic hydroxyl groups excluding tert-OH is 1. The molecule has 1 atom stereocenters. The van der Waals surface area contributed by atoms with Gasteiger partial charge in [0.15, 0.2) is 0 Å². The lowest BCUT2D eigenvalue weighted by Gasteiger charge is -2.26. The van der Waals surface area contributed by atoms with Crippen molar-refractivity contribution in [1.29, 1.82) is 0 Å². The van der Waals surface area contributed by atoms with Crippen molar-refractivity contribution >= 4 is 23.1 Å². The van der Waals surface area contributed by atoms with E-state index in [1.807, 2.05) is 86.6 Å². The van der Waals surface area contributed by atoms with E-state index in [2.05, 4.69) is 6.92 Å². The molecule has 1 fully saturated rings. The highest BCUT2D eigenvalue weighted by molar-refractivity contribution is 6.46. The lowest BCUT2D eigenvalue weighted by Crippen LogP contribution is -2.29. The van der Waals surface area contributed by atoms with E-state index in [9.17, 15) is 14.7 Å². The van der Waals surface area contributed by atoms with Crippen LogP contribution in [0.1, 0.15) is 42.1 Å². The Hall–Kier alpha value is -4.06. The maximum Gasteiger partial charge on any atom is 0.295 e. The molecular formula is C30H32N2O4. The van der Waals surface area contributed by atoms with Crippen LogP contribution in [0, 0.1) is 0 Å². The predicted octanol–water partition coefficient (Wildman–Crippen LogP) is 5.34. The summed E-state index contributed by atoms with van der Waals surface area (Å²) >= 11 is 0. The molecule has 1 unspecified atom stereocenters. The van der Waals surface area contributed by atoms with Gasteiger partial charge in [-0.3, -0.25) is 9.59 Å². The first-order valence-electron chi connectivity index (χ1n) is 12.2. The quantitative estimate of drug-likeness (QED) is 0.266. The molecule has 4 rings (SSSR count). The molecule has 1 aliphatic rings. The van der Waals surface area contributed by atoms with Gasteiger partial charge in [-0.1, -0.05) is 55.5 Å². The molecule has 0 saturated carbocycles. The number of carbonyl (C=O) groups excluding carboxylic acids is 2. The summed E-state index contributed by atoms with van der Waals surface area (Å²) in [5.41, 5.74) is 4.33. The minimum atomic E-state index is -0.720. The summed E-state index contributed by atoms with van der Waals surface area (Å²) in [5, 5.41) is 11.3. The van der Waals surface area contributed by atoms with E-state index >= 15 is 0 Å². The van der Waals surface area contributed by atoms with Crippen molar-refractivity contribution in [2.75, 3.05) is 25.6 Å². The normalized spacial score (nSPS) is 16.9. The molecule has 0 aliphatic carbocycles. The van der Waals surface area contributed by atoms with E-state index in [0.717, 1.165) is 28.8 Å². The fourth-order valence-electron chi connectivity index (χ4n) is 4.50. The highest BCUT2D eigenvalue weighted by atomic mass is 16.5. The third-order valence-corrected chi connectivity index (χ3v) is 6.46. The number of hydrogen-bond acceptors (Lipinski definition) is 5. The number of benzene rings is 3. The van der Waals surface area contributed by atoms with Crippen LogP contribution in [0.3, 0.4) is 0 Å². The molecule has 1 heterocycles. The van der Waals surface area contributed by atoms with E-state index < -0.39 is 17.7 Å². The van der Waals surface area contributed by atoms with Gasteiger partial charge in [-0.25, -0.2) is 0 Å². The zero-order chi connectivity index (χ0) is 25.8. The molecular weight excluding hydrogens is 452 g/mol. The van der Waals surface area contributed by atoms with Crippen LogP contribution >= 0.6 is 0 Å². The van der Waals surface area contributed by atoms with Gasteiger partial charge in [0.05, 0.1) is 18.2 Å². The van der Waals surface area contributed by atoms with E-state index in [1.54, 1.807) is 12.1 Å². The molecule has 6 heteroatoms. The highest BCUT2D eigenvalue weighted by Crippen LogP contribution is 2.41. The van der Waals surface area contributed by atoms with E-state index in [4.69, 9.17) is 4.74 Å². The number of anilines is 1. The van der Waals surface area contributed by atoms with Crippen LogP contribution in [0.5, 0.6) is 5.75 Å². The van der Waals surface area contributed by atoms with Crippen molar-refractivity contribution in [3.63, 3.8) is 0 Å². The van der Waals surface area contributed by atoms with Gasteiger partial charge < -0.3 is 19.6 Å². The second-order valence-electron chi connectivity index (χ2n) is 9.04. The minimum Gasteiger partial charge on any atom is -0.507 e. The summed E-state index contributed by atoms with van der Waals surface area (Å²) in [6.07, 6.45) is 0.866. The number of aryl methyl sites for hydroxylation is 1. The molecule has 1 amide bonds. The number of likely N-dealkylation sites (tertiary alicyclic amines) is 1. The van der Waals surface area contributed by atoms with Crippen LogP contribution in [0.25, 0.3) is 5.76 Å². The molecule has 0 radical (unpaired) electrons. The minimum absolute atomic E-state index is 0.0998. The molecule has 36 heavy (non-hydrogen) atoms. The average molecular weight is 485 g/mol. The molecule has 1 saturated heterocycles. The summed E-state index contributed by atoms with van der Waals surface area (Å²) in [6.45, 7) is 4.70. The Balaban J connectivity index is 1.81. The molecule has 3 aromatic rings. The van der Waals surface area contributed by atoms with Crippen molar-refractivity contribution in [3.8, 4) is 5.75 Å². The van der Waals surface area contributed by atoms with Crippen LogP contribution in [0.4, 0.5) is 5.69 Å². The maximum atomic E-state index is 13.3. The molecule has 1 N–H and O–H groups in total. The van der Waals surface area contributed by atoms with Crippen LogP contribution in [-0.2, 0) is 22.6 Å². The lowest BCUT2D eigenvalue weighted by molar-refractivity contribution is -0.140. The number of aliphatic hydroxyl groups is 1. The van der Waals surface area contributed by atoms with Crippen LogP contribution in [0.2, 0.25) is 0 Å². The zero-order valence-corrected chi connectivity index (χ0v) is 21.2. The first-order chi connectivity index (χ1) is 17.3. The number of ether oxygens (including phenoxy) is 1. The van der Waals surface area contributed by atoms with Gasteiger partial charge in [0.1, 0.15) is 11.5 Å². The first kappa shape index (κ1) is 25.0. The van der Waals surface area contributed by atoms with Gasteiger partial charge in [0.2, 0.25) is 0 Å². The second-order valence-corrected chi connectivity index (χ2v) is 9.04. The molecule has 186 valence electrons. The Kier molecular flexibility index (Phi) is 7.44. The van der Waals surface area contributed by atoms with Crippen molar-refractivity contribution in [1.82, 2.24) is 4.90 Å². The predicted molar refractivity (Wildman–Crippen MR) is 142 cm³/mol. The molecule has 1 aliphatic heterocycles. The molecule has 6 nitrogen and oxygen atoms in total. The fourth-order valence-corrected chi connectivity index (χ4v) is 4.50. The number of amides is 1. The van der Waals surface area contributed by atoms with Crippen molar-refractivity contribution in [2.24, 2.45) is 0 Å². The third-order valence-electron chi connectivity index (χ3n) is 6.46. The van der Waals surface area contributed by atoms with E-state index in [0.29, 0.717) is 17.9 Å². The molecule has 0 aromatic heterocycles. The van der Waals surface area contributed by atoms with Gasteiger partial charge in [-0.15, -0.1) is 0 Å². The fraction of sp³-hybridized carbons (Fsp3) is 0.267.